The van der Waals surface area contributed by atoms with E-state index in [4.69, 9.17) is 0 Å². The van der Waals surface area contributed by atoms with Crippen LogP contribution in [0.3, 0.4) is 0 Å². The van der Waals surface area contributed by atoms with Crippen LogP contribution >= 0.6 is 15.9 Å². The molecular weight excluding hydrogens is 281 g/mol. The number of benzene rings is 1. The summed E-state index contributed by atoms with van der Waals surface area (Å²) >= 11 is 3.77. The second kappa shape index (κ2) is 5.96. The SMILES string of the molecule is CN(Cc1cccc(F)c1)C1CCCCC1Br. The van der Waals surface area contributed by atoms with Crippen LogP contribution in [-0.2, 0) is 6.54 Å². The number of hydrogen-bond donors (Lipinski definition) is 0. The lowest BCUT2D eigenvalue weighted by Crippen LogP contribution is -2.40. The van der Waals surface area contributed by atoms with Gasteiger partial charge in [-0.1, -0.05) is 40.9 Å². The fourth-order valence-corrected chi connectivity index (χ4v) is 3.59. The Balaban J connectivity index is 1.98. The molecule has 0 heterocycles. The van der Waals surface area contributed by atoms with E-state index in [1.165, 1.54) is 31.7 Å². The van der Waals surface area contributed by atoms with E-state index in [1.807, 2.05) is 6.07 Å². The van der Waals surface area contributed by atoms with Gasteiger partial charge >= 0.3 is 0 Å². The standard InChI is InChI=1S/C14H19BrFN/c1-17(14-8-3-2-7-13(14)15)10-11-5-4-6-12(16)9-11/h4-6,9,13-14H,2-3,7-8,10H2,1H3. The van der Waals surface area contributed by atoms with Gasteiger partial charge in [-0.2, -0.15) is 0 Å². The average molecular weight is 300 g/mol. The highest BCUT2D eigenvalue weighted by Crippen LogP contribution is 2.28. The van der Waals surface area contributed by atoms with E-state index >= 15 is 0 Å². The molecule has 2 unspecified atom stereocenters. The highest BCUT2D eigenvalue weighted by atomic mass is 79.9. The quantitative estimate of drug-likeness (QED) is 0.764. The molecule has 0 radical (unpaired) electrons. The molecule has 3 heteroatoms. The zero-order chi connectivity index (χ0) is 12.3. The van der Waals surface area contributed by atoms with E-state index in [2.05, 4.69) is 27.9 Å². The lowest BCUT2D eigenvalue weighted by Gasteiger charge is -2.35. The minimum absolute atomic E-state index is 0.144. The molecule has 1 aliphatic carbocycles. The maximum absolute atomic E-state index is 13.1. The van der Waals surface area contributed by atoms with Gasteiger partial charge in [0, 0.05) is 17.4 Å². The van der Waals surface area contributed by atoms with Crippen molar-refractivity contribution in [3.63, 3.8) is 0 Å². The molecule has 0 bridgehead atoms. The van der Waals surface area contributed by atoms with Crippen molar-refractivity contribution in [1.29, 1.82) is 0 Å². The maximum atomic E-state index is 13.1. The highest BCUT2D eigenvalue weighted by Gasteiger charge is 2.26. The first-order chi connectivity index (χ1) is 8.16. The van der Waals surface area contributed by atoms with Crippen molar-refractivity contribution in [1.82, 2.24) is 4.90 Å². The van der Waals surface area contributed by atoms with Crippen LogP contribution in [0.25, 0.3) is 0 Å². The molecule has 0 aromatic heterocycles. The van der Waals surface area contributed by atoms with Gasteiger partial charge in [-0.3, -0.25) is 4.90 Å². The molecule has 1 aromatic carbocycles. The van der Waals surface area contributed by atoms with Crippen LogP contribution < -0.4 is 0 Å². The Morgan fingerprint density at radius 3 is 2.82 bits per heavy atom. The zero-order valence-corrected chi connectivity index (χ0v) is 11.8. The fraction of sp³-hybridized carbons (Fsp3) is 0.571. The number of hydrogen-bond acceptors (Lipinski definition) is 1. The Labute approximate surface area is 111 Å². The van der Waals surface area contributed by atoms with Crippen LogP contribution in [0.4, 0.5) is 4.39 Å². The molecule has 1 nitrogen and oxygen atoms in total. The third kappa shape index (κ3) is 3.52. The topological polar surface area (TPSA) is 3.24 Å². The first-order valence-electron chi connectivity index (χ1n) is 6.25. The summed E-state index contributed by atoms with van der Waals surface area (Å²) in [6.07, 6.45) is 5.11. The Hall–Kier alpha value is -0.410. The highest BCUT2D eigenvalue weighted by molar-refractivity contribution is 9.09. The summed E-state index contributed by atoms with van der Waals surface area (Å²) in [4.78, 5) is 2.92. The van der Waals surface area contributed by atoms with E-state index in [0.29, 0.717) is 10.9 Å². The average Bonchev–Trinajstić information content (AvgIpc) is 2.29. The Bertz CT molecular complexity index is 369. The van der Waals surface area contributed by atoms with Crippen molar-refractivity contribution in [3.8, 4) is 0 Å². The minimum atomic E-state index is -0.144. The normalized spacial score (nSPS) is 25.2. The van der Waals surface area contributed by atoms with Gasteiger partial charge in [0.05, 0.1) is 0 Å². The molecule has 1 saturated carbocycles. The molecule has 0 aliphatic heterocycles. The molecule has 94 valence electrons. The summed E-state index contributed by atoms with van der Waals surface area (Å²) in [5.41, 5.74) is 1.05. The lowest BCUT2D eigenvalue weighted by atomic mass is 9.94. The van der Waals surface area contributed by atoms with Gasteiger partial charge in [0.1, 0.15) is 5.82 Å². The van der Waals surface area contributed by atoms with Gasteiger partial charge in [-0.05, 0) is 37.6 Å². The summed E-state index contributed by atoms with van der Waals surface area (Å²) in [5.74, 6) is -0.144. The van der Waals surface area contributed by atoms with Crippen molar-refractivity contribution in [2.75, 3.05) is 7.05 Å². The molecule has 0 spiro atoms. The Kier molecular flexibility index (Phi) is 4.57. The molecule has 17 heavy (non-hydrogen) atoms. The number of halogens is 2. The molecule has 0 N–H and O–H groups in total. The third-order valence-electron chi connectivity index (χ3n) is 3.53. The van der Waals surface area contributed by atoms with Crippen LogP contribution in [0.15, 0.2) is 24.3 Å². The first kappa shape index (κ1) is 13.0. The van der Waals surface area contributed by atoms with Crippen LogP contribution in [0.2, 0.25) is 0 Å². The van der Waals surface area contributed by atoms with Gasteiger partial charge in [-0.15, -0.1) is 0 Å². The van der Waals surface area contributed by atoms with E-state index in [9.17, 15) is 4.39 Å². The van der Waals surface area contributed by atoms with Crippen molar-refractivity contribution < 1.29 is 4.39 Å². The molecule has 2 atom stereocenters. The predicted molar refractivity (Wildman–Crippen MR) is 72.8 cm³/mol. The van der Waals surface area contributed by atoms with Gasteiger partial charge in [0.15, 0.2) is 0 Å². The summed E-state index contributed by atoms with van der Waals surface area (Å²) in [7, 11) is 2.13. The van der Waals surface area contributed by atoms with Gasteiger partial charge in [0.2, 0.25) is 0 Å². The summed E-state index contributed by atoms with van der Waals surface area (Å²) in [6.45, 7) is 0.824. The molecule has 1 aliphatic rings. The second-order valence-corrected chi connectivity index (χ2v) is 6.09. The van der Waals surface area contributed by atoms with Crippen LogP contribution in [0, 0.1) is 5.82 Å². The van der Waals surface area contributed by atoms with Gasteiger partial charge in [-0.25, -0.2) is 4.39 Å². The first-order valence-corrected chi connectivity index (χ1v) is 7.17. The van der Waals surface area contributed by atoms with E-state index in [1.54, 1.807) is 12.1 Å². The summed E-state index contributed by atoms with van der Waals surface area (Å²) < 4.78 is 13.1. The van der Waals surface area contributed by atoms with E-state index in [0.717, 1.165) is 12.1 Å². The molecule has 1 aromatic rings. The van der Waals surface area contributed by atoms with Crippen molar-refractivity contribution in [2.24, 2.45) is 0 Å². The van der Waals surface area contributed by atoms with Crippen molar-refractivity contribution in [3.05, 3.63) is 35.6 Å². The van der Waals surface area contributed by atoms with Crippen molar-refractivity contribution >= 4 is 15.9 Å². The van der Waals surface area contributed by atoms with E-state index in [-0.39, 0.29) is 5.82 Å². The van der Waals surface area contributed by atoms with Gasteiger partial charge in [0.25, 0.3) is 0 Å². The number of nitrogens with zero attached hydrogens (tertiary/aromatic N) is 1. The maximum Gasteiger partial charge on any atom is 0.123 e. The van der Waals surface area contributed by atoms with Crippen LogP contribution in [0.1, 0.15) is 31.2 Å². The lowest BCUT2D eigenvalue weighted by molar-refractivity contribution is 0.193. The number of alkyl halides is 1. The predicted octanol–water partition coefficient (Wildman–Crippen LogP) is 3.96. The molecular formula is C14H19BrFN. The monoisotopic (exact) mass is 299 g/mol. The third-order valence-corrected chi connectivity index (χ3v) is 4.60. The second-order valence-electron chi connectivity index (χ2n) is 4.91. The Morgan fingerprint density at radius 2 is 2.12 bits per heavy atom. The molecule has 0 saturated heterocycles. The smallest absolute Gasteiger partial charge is 0.123 e. The minimum Gasteiger partial charge on any atom is -0.298 e. The van der Waals surface area contributed by atoms with Crippen LogP contribution in [-0.4, -0.2) is 22.8 Å². The van der Waals surface area contributed by atoms with Crippen LogP contribution in [0.5, 0.6) is 0 Å². The summed E-state index contributed by atoms with van der Waals surface area (Å²) in [6, 6.07) is 7.48. The zero-order valence-electron chi connectivity index (χ0n) is 10.2. The van der Waals surface area contributed by atoms with Crippen molar-refractivity contribution in [2.45, 2.75) is 43.1 Å². The Morgan fingerprint density at radius 1 is 1.35 bits per heavy atom. The van der Waals surface area contributed by atoms with Gasteiger partial charge < -0.3 is 0 Å². The molecule has 1 fully saturated rings. The van der Waals surface area contributed by atoms with E-state index < -0.39 is 0 Å². The molecule has 0 amide bonds. The largest absolute Gasteiger partial charge is 0.298 e. The summed E-state index contributed by atoms with van der Waals surface area (Å²) in [5, 5.41) is 0. The molecule has 2 rings (SSSR count). The fourth-order valence-electron chi connectivity index (χ4n) is 2.60. The number of rotatable bonds is 3.